The van der Waals surface area contributed by atoms with Crippen molar-refractivity contribution in [2.75, 3.05) is 32.8 Å². The zero-order chi connectivity index (χ0) is 26.0. The van der Waals surface area contributed by atoms with E-state index in [9.17, 15) is 9.59 Å². The highest BCUT2D eigenvalue weighted by Crippen LogP contribution is 2.43. The minimum Gasteiger partial charge on any atom is -0.486 e. The third-order valence-corrected chi connectivity index (χ3v) is 8.05. The van der Waals surface area contributed by atoms with Crippen LogP contribution in [0.1, 0.15) is 61.0 Å². The van der Waals surface area contributed by atoms with Crippen molar-refractivity contribution >= 4 is 17.9 Å². The Morgan fingerprint density at radius 1 is 0.973 bits per heavy atom. The molecule has 37 heavy (non-hydrogen) atoms. The molecule has 3 heterocycles. The molecule has 7 nitrogen and oxygen atoms in total. The summed E-state index contributed by atoms with van der Waals surface area (Å²) in [7, 11) is 0. The number of nitrogens with zero attached hydrogens (tertiary/aromatic N) is 2. The summed E-state index contributed by atoms with van der Waals surface area (Å²) in [4.78, 5) is 28.9. The largest absolute Gasteiger partial charge is 0.486 e. The molecule has 0 bridgehead atoms. The number of nitrogens with two attached hydrogens (primary N) is 1. The molecule has 2 aromatic carbocycles. The SMILES string of the molecule is CC1(C)COc2cccc(CN3CCC4(CC3)CCN(C(=O)c3ccccc3C=CC(N)=O)CC4)c2O1. The highest BCUT2D eigenvalue weighted by atomic mass is 16.6. The molecule has 0 atom stereocenters. The molecule has 0 aromatic heterocycles. The summed E-state index contributed by atoms with van der Waals surface area (Å²) in [6.07, 6.45) is 7.26. The first kappa shape index (κ1) is 25.3. The minimum absolute atomic E-state index is 0.0241. The number of hydrogen-bond acceptors (Lipinski definition) is 5. The van der Waals surface area contributed by atoms with Crippen LogP contribution in [-0.2, 0) is 11.3 Å². The minimum atomic E-state index is -0.523. The number of piperidine rings is 2. The van der Waals surface area contributed by atoms with Gasteiger partial charge in [-0.25, -0.2) is 0 Å². The molecule has 2 saturated heterocycles. The van der Waals surface area contributed by atoms with Gasteiger partial charge in [0.25, 0.3) is 5.91 Å². The van der Waals surface area contributed by atoms with Crippen LogP contribution in [0.3, 0.4) is 0 Å². The molecule has 0 radical (unpaired) electrons. The number of hydrogen-bond donors (Lipinski definition) is 1. The van der Waals surface area contributed by atoms with Gasteiger partial charge < -0.3 is 20.1 Å². The first-order valence-electron chi connectivity index (χ1n) is 13.3. The Hall–Kier alpha value is -3.32. The maximum atomic E-state index is 13.3. The fourth-order valence-electron chi connectivity index (χ4n) is 5.76. The fraction of sp³-hybridized carbons (Fsp3) is 0.467. The molecule has 196 valence electrons. The van der Waals surface area contributed by atoms with Crippen LogP contribution in [0.25, 0.3) is 6.08 Å². The second kappa shape index (κ2) is 10.2. The number of benzene rings is 2. The van der Waals surface area contributed by atoms with Crippen LogP contribution in [-0.4, -0.2) is 60.0 Å². The molecule has 5 rings (SSSR count). The quantitative estimate of drug-likeness (QED) is 0.617. The summed E-state index contributed by atoms with van der Waals surface area (Å²) >= 11 is 0. The van der Waals surface area contributed by atoms with Crippen LogP contribution in [0.15, 0.2) is 48.5 Å². The fourth-order valence-corrected chi connectivity index (χ4v) is 5.76. The molecule has 1 spiro atoms. The van der Waals surface area contributed by atoms with Gasteiger partial charge in [-0.15, -0.1) is 0 Å². The van der Waals surface area contributed by atoms with Crippen LogP contribution in [0, 0.1) is 5.41 Å². The number of carbonyl (C=O) groups is 2. The van der Waals surface area contributed by atoms with Crippen LogP contribution < -0.4 is 15.2 Å². The third-order valence-electron chi connectivity index (χ3n) is 8.05. The molecule has 0 unspecified atom stereocenters. The van der Waals surface area contributed by atoms with Crippen molar-refractivity contribution in [3.05, 3.63) is 65.2 Å². The molecule has 0 aliphatic carbocycles. The summed E-state index contributed by atoms with van der Waals surface area (Å²) in [5, 5.41) is 0. The number of fused-ring (bicyclic) bond motifs is 1. The summed E-state index contributed by atoms with van der Waals surface area (Å²) < 4.78 is 12.2. The molecule has 3 aliphatic rings. The van der Waals surface area contributed by atoms with Crippen LogP contribution in [0.4, 0.5) is 0 Å². The van der Waals surface area contributed by atoms with E-state index >= 15 is 0 Å². The van der Waals surface area contributed by atoms with Gasteiger partial charge in [0, 0.05) is 36.8 Å². The van der Waals surface area contributed by atoms with Gasteiger partial charge in [0.05, 0.1) is 0 Å². The molecule has 2 aromatic rings. The lowest BCUT2D eigenvalue weighted by Crippen LogP contribution is -2.48. The van der Waals surface area contributed by atoms with Crippen molar-refractivity contribution in [1.82, 2.24) is 9.80 Å². The predicted molar refractivity (Wildman–Crippen MR) is 143 cm³/mol. The summed E-state index contributed by atoms with van der Waals surface area (Å²) in [5.74, 6) is 1.23. The number of likely N-dealkylation sites (tertiary alicyclic amines) is 2. The maximum absolute atomic E-state index is 13.3. The summed E-state index contributed by atoms with van der Waals surface area (Å²) in [6.45, 7) is 9.16. The second-order valence-corrected chi connectivity index (χ2v) is 11.3. The highest BCUT2D eigenvalue weighted by molar-refractivity contribution is 5.99. The Kier molecular flexibility index (Phi) is 6.99. The standard InChI is InChI=1S/C30H37N3O4/c1-29(2)21-36-25-9-5-7-23(27(25)37-29)20-32-16-12-30(13-17-32)14-18-33(19-15-30)28(35)24-8-4-3-6-22(24)10-11-26(31)34/h3-11H,12-21H2,1-2H3,(H2,31,34). The Morgan fingerprint density at radius 2 is 1.68 bits per heavy atom. The zero-order valence-electron chi connectivity index (χ0n) is 21.9. The van der Waals surface area contributed by atoms with Gasteiger partial charge in [0.2, 0.25) is 5.91 Å². The first-order valence-corrected chi connectivity index (χ1v) is 13.3. The highest BCUT2D eigenvalue weighted by Gasteiger charge is 2.39. The normalized spacial score (nSPS) is 20.8. The lowest BCUT2D eigenvalue weighted by Gasteiger charge is -2.47. The van der Waals surface area contributed by atoms with Gasteiger partial charge in [-0.05, 0) is 81.8 Å². The van der Waals surface area contributed by atoms with Crippen molar-refractivity contribution in [2.45, 2.75) is 51.7 Å². The van der Waals surface area contributed by atoms with Crippen LogP contribution in [0.5, 0.6) is 11.5 Å². The molecular formula is C30H37N3O4. The van der Waals surface area contributed by atoms with Gasteiger partial charge >= 0.3 is 0 Å². The van der Waals surface area contributed by atoms with Crippen molar-refractivity contribution in [1.29, 1.82) is 0 Å². The smallest absolute Gasteiger partial charge is 0.254 e. The van der Waals surface area contributed by atoms with Crippen molar-refractivity contribution in [3.8, 4) is 11.5 Å². The van der Waals surface area contributed by atoms with Gasteiger partial charge in [-0.1, -0.05) is 30.3 Å². The Morgan fingerprint density at radius 3 is 2.41 bits per heavy atom. The third kappa shape index (κ3) is 5.67. The Labute approximate surface area is 219 Å². The Balaban J connectivity index is 1.17. The van der Waals surface area contributed by atoms with E-state index in [-0.39, 0.29) is 11.5 Å². The zero-order valence-corrected chi connectivity index (χ0v) is 21.9. The second-order valence-electron chi connectivity index (χ2n) is 11.3. The molecular weight excluding hydrogens is 466 g/mol. The van der Waals surface area contributed by atoms with Gasteiger partial charge in [-0.2, -0.15) is 0 Å². The molecule has 3 aliphatic heterocycles. The number of ether oxygens (including phenoxy) is 2. The average molecular weight is 504 g/mol. The first-order chi connectivity index (χ1) is 17.7. The topological polar surface area (TPSA) is 85.1 Å². The lowest BCUT2D eigenvalue weighted by molar-refractivity contribution is -0.113. The van der Waals surface area contributed by atoms with E-state index in [1.807, 2.05) is 35.2 Å². The molecule has 2 fully saturated rings. The molecule has 2 N–H and O–H groups in total. The van der Waals surface area contributed by atoms with E-state index in [1.165, 1.54) is 11.6 Å². The number of carbonyl (C=O) groups excluding carboxylic acids is 2. The number of amides is 2. The van der Waals surface area contributed by atoms with Gasteiger partial charge in [0.1, 0.15) is 12.2 Å². The predicted octanol–water partition coefficient (Wildman–Crippen LogP) is 4.25. The number of primary amides is 1. The lowest BCUT2D eigenvalue weighted by atomic mass is 9.71. The van der Waals surface area contributed by atoms with Gasteiger partial charge in [-0.3, -0.25) is 14.5 Å². The van der Waals surface area contributed by atoms with E-state index in [4.69, 9.17) is 15.2 Å². The number of rotatable bonds is 5. The van der Waals surface area contributed by atoms with Crippen molar-refractivity contribution in [3.63, 3.8) is 0 Å². The molecule has 0 saturated carbocycles. The molecule has 2 amide bonds. The van der Waals surface area contributed by atoms with E-state index in [1.54, 1.807) is 6.08 Å². The Bertz CT molecular complexity index is 1190. The van der Waals surface area contributed by atoms with Crippen LogP contribution >= 0.6 is 0 Å². The van der Waals surface area contributed by atoms with Gasteiger partial charge in [0.15, 0.2) is 11.5 Å². The van der Waals surface area contributed by atoms with Crippen molar-refractivity contribution < 1.29 is 19.1 Å². The molecule has 7 heteroatoms. The van der Waals surface area contributed by atoms with E-state index in [2.05, 4.69) is 30.9 Å². The summed E-state index contributed by atoms with van der Waals surface area (Å²) in [5.41, 5.74) is 7.75. The maximum Gasteiger partial charge on any atom is 0.254 e. The van der Waals surface area contributed by atoms with E-state index < -0.39 is 5.91 Å². The van der Waals surface area contributed by atoms with Crippen LogP contribution in [0.2, 0.25) is 0 Å². The summed E-state index contributed by atoms with van der Waals surface area (Å²) in [6, 6.07) is 13.6. The van der Waals surface area contributed by atoms with Crippen molar-refractivity contribution in [2.24, 2.45) is 11.1 Å². The monoisotopic (exact) mass is 503 g/mol. The number of para-hydroxylation sites is 1. The average Bonchev–Trinajstić information content (AvgIpc) is 2.89. The van der Waals surface area contributed by atoms with E-state index in [0.29, 0.717) is 17.6 Å². The van der Waals surface area contributed by atoms with E-state index in [0.717, 1.165) is 75.5 Å².